The molecule has 2 rings (SSSR count). The van der Waals surface area contributed by atoms with Gasteiger partial charge in [0.1, 0.15) is 5.02 Å². The highest BCUT2D eigenvalue weighted by atomic mass is 35.5. The van der Waals surface area contributed by atoms with E-state index in [9.17, 15) is 0 Å². The predicted octanol–water partition coefficient (Wildman–Crippen LogP) is 0.624. The number of aliphatic hydroxyl groups is 1. The van der Waals surface area contributed by atoms with Crippen LogP contribution >= 0.6 is 11.6 Å². The first-order valence-corrected chi connectivity index (χ1v) is 5.97. The quantitative estimate of drug-likeness (QED) is 0.542. The lowest BCUT2D eigenvalue weighted by molar-refractivity contribution is 0.263. The van der Waals surface area contributed by atoms with Crippen molar-refractivity contribution in [1.29, 1.82) is 0 Å². The van der Waals surface area contributed by atoms with Crippen LogP contribution in [0.5, 0.6) is 0 Å². The van der Waals surface area contributed by atoms with Crippen molar-refractivity contribution in [2.45, 2.75) is 12.8 Å². The highest BCUT2D eigenvalue weighted by molar-refractivity contribution is 6.32. The molecule has 0 aromatic carbocycles. The van der Waals surface area contributed by atoms with Crippen LogP contribution < -0.4 is 16.2 Å². The maximum absolute atomic E-state index is 8.92. The molecule has 1 aromatic heterocycles. The Labute approximate surface area is 105 Å². The summed E-state index contributed by atoms with van der Waals surface area (Å²) in [5, 5.41) is 9.45. The fraction of sp³-hybridized carbons (Fsp3) is 0.600. The minimum Gasteiger partial charge on any atom is -0.396 e. The van der Waals surface area contributed by atoms with Crippen molar-refractivity contribution in [3.63, 3.8) is 0 Å². The Bertz CT molecular complexity index is 389. The van der Waals surface area contributed by atoms with E-state index in [2.05, 4.69) is 20.3 Å². The maximum Gasteiger partial charge on any atom is 0.239 e. The number of anilines is 2. The van der Waals surface area contributed by atoms with Crippen molar-refractivity contribution in [2.24, 2.45) is 11.8 Å². The summed E-state index contributed by atoms with van der Waals surface area (Å²) in [5.74, 6) is 6.83. The number of hydrazine groups is 1. The molecule has 7 heteroatoms. The summed E-state index contributed by atoms with van der Waals surface area (Å²) in [6.07, 6.45) is 3.41. The summed E-state index contributed by atoms with van der Waals surface area (Å²) in [7, 11) is 0. The number of halogens is 1. The van der Waals surface area contributed by atoms with Gasteiger partial charge in [0.25, 0.3) is 0 Å². The van der Waals surface area contributed by atoms with Crippen LogP contribution in [0.2, 0.25) is 5.02 Å². The van der Waals surface area contributed by atoms with E-state index in [1.807, 2.05) is 0 Å². The number of hydrogen-bond donors (Lipinski definition) is 3. The van der Waals surface area contributed by atoms with Crippen molar-refractivity contribution in [2.75, 3.05) is 30.0 Å². The Morgan fingerprint density at radius 2 is 2.47 bits per heavy atom. The topological polar surface area (TPSA) is 87.3 Å². The molecule has 0 radical (unpaired) electrons. The predicted molar refractivity (Wildman–Crippen MR) is 66.9 cm³/mol. The Morgan fingerprint density at radius 3 is 3.18 bits per heavy atom. The van der Waals surface area contributed by atoms with E-state index in [0.717, 1.165) is 25.9 Å². The number of hydrogen-bond acceptors (Lipinski definition) is 6. The normalized spacial score (nSPS) is 19.7. The van der Waals surface area contributed by atoms with Crippen LogP contribution in [-0.2, 0) is 0 Å². The van der Waals surface area contributed by atoms with Gasteiger partial charge in [-0.2, -0.15) is 4.98 Å². The average Bonchev–Trinajstić information content (AvgIpc) is 2.79. The molecule has 4 N–H and O–H groups in total. The maximum atomic E-state index is 8.92. The van der Waals surface area contributed by atoms with Gasteiger partial charge in [-0.1, -0.05) is 11.6 Å². The van der Waals surface area contributed by atoms with Crippen LogP contribution in [0.1, 0.15) is 12.8 Å². The summed E-state index contributed by atoms with van der Waals surface area (Å²) in [5.41, 5.74) is 2.41. The lowest BCUT2D eigenvalue weighted by Gasteiger charge is -2.18. The molecule has 6 nitrogen and oxygen atoms in total. The molecule has 1 fully saturated rings. The minimum atomic E-state index is 0.228. The molecule has 0 spiro atoms. The molecule has 0 bridgehead atoms. The van der Waals surface area contributed by atoms with E-state index in [1.54, 1.807) is 6.20 Å². The van der Waals surface area contributed by atoms with E-state index in [-0.39, 0.29) is 6.61 Å². The number of nitrogens with zero attached hydrogens (tertiary/aromatic N) is 3. The van der Waals surface area contributed by atoms with Crippen molar-refractivity contribution in [1.82, 2.24) is 9.97 Å². The molecule has 1 unspecified atom stereocenters. The van der Waals surface area contributed by atoms with Gasteiger partial charge in [-0.05, 0) is 18.8 Å². The highest BCUT2D eigenvalue weighted by Crippen LogP contribution is 2.29. The second kappa shape index (κ2) is 5.48. The summed E-state index contributed by atoms with van der Waals surface area (Å²) in [6.45, 7) is 1.98. The second-order valence-corrected chi connectivity index (χ2v) is 4.53. The Morgan fingerprint density at radius 1 is 1.65 bits per heavy atom. The Hall–Kier alpha value is -1.11. The second-order valence-electron chi connectivity index (χ2n) is 4.12. The molecule has 1 saturated heterocycles. The smallest absolute Gasteiger partial charge is 0.239 e. The van der Waals surface area contributed by atoms with Gasteiger partial charge in [-0.15, -0.1) is 0 Å². The molecule has 1 aliphatic heterocycles. The summed E-state index contributed by atoms with van der Waals surface area (Å²) < 4.78 is 0. The Balaban J connectivity index is 2.12. The van der Waals surface area contributed by atoms with Gasteiger partial charge in [0.15, 0.2) is 5.82 Å². The number of aromatic nitrogens is 2. The third-order valence-corrected chi connectivity index (χ3v) is 3.24. The largest absolute Gasteiger partial charge is 0.396 e. The SMILES string of the molecule is NNc1ncc(Cl)c(N2CCC(CCO)C2)n1. The third kappa shape index (κ3) is 2.77. The molecule has 0 saturated carbocycles. The van der Waals surface area contributed by atoms with E-state index >= 15 is 0 Å². The zero-order valence-corrected chi connectivity index (χ0v) is 10.2. The van der Waals surface area contributed by atoms with Crippen molar-refractivity contribution >= 4 is 23.4 Å². The van der Waals surface area contributed by atoms with Gasteiger partial charge in [0, 0.05) is 19.7 Å². The molecular formula is C10H16ClN5O. The Kier molecular flexibility index (Phi) is 3.98. The molecule has 1 atom stereocenters. The monoisotopic (exact) mass is 257 g/mol. The van der Waals surface area contributed by atoms with Crippen LogP contribution in [0.3, 0.4) is 0 Å². The summed E-state index contributed by atoms with van der Waals surface area (Å²) in [4.78, 5) is 10.3. The van der Waals surface area contributed by atoms with Crippen LogP contribution in [-0.4, -0.2) is 34.8 Å². The van der Waals surface area contributed by atoms with Gasteiger partial charge in [0.05, 0.1) is 6.20 Å². The molecule has 94 valence electrons. The first-order chi connectivity index (χ1) is 8.24. The third-order valence-electron chi connectivity index (χ3n) is 2.98. The average molecular weight is 258 g/mol. The minimum absolute atomic E-state index is 0.228. The number of nitrogens with two attached hydrogens (primary N) is 1. The van der Waals surface area contributed by atoms with Gasteiger partial charge in [-0.25, -0.2) is 10.8 Å². The molecule has 0 amide bonds. The van der Waals surface area contributed by atoms with Crippen molar-refractivity contribution in [3.8, 4) is 0 Å². The molecule has 0 aliphatic carbocycles. The van der Waals surface area contributed by atoms with Crippen LogP contribution in [0, 0.1) is 5.92 Å². The van der Waals surface area contributed by atoms with Gasteiger partial charge in [-0.3, -0.25) is 5.43 Å². The first kappa shape index (κ1) is 12.3. The lowest BCUT2D eigenvalue weighted by atomic mass is 10.1. The summed E-state index contributed by atoms with van der Waals surface area (Å²) >= 11 is 6.07. The first-order valence-electron chi connectivity index (χ1n) is 5.59. The van der Waals surface area contributed by atoms with Crippen molar-refractivity contribution in [3.05, 3.63) is 11.2 Å². The van der Waals surface area contributed by atoms with Crippen LogP contribution in [0.15, 0.2) is 6.20 Å². The number of nitrogen functional groups attached to an aromatic ring is 1. The molecule has 1 aliphatic rings. The van der Waals surface area contributed by atoms with Gasteiger partial charge in [0.2, 0.25) is 5.95 Å². The molecule has 17 heavy (non-hydrogen) atoms. The molecule has 2 heterocycles. The fourth-order valence-corrected chi connectivity index (χ4v) is 2.30. The number of aliphatic hydroxyl groups excluding tert-OH is 1. The van der Waals surface area contributed by atoms with E-state index in [4.69, 9.17) is 22.6 Å². The zero-order valence-electron chi connectivity index (χ0n) is 9.43. The van der Waals surface area contributed by atoms with E-state index in [0.29, 0.717) is 22.7 Å². The van der Waals surface area contributed by atoms with Crippen LogP contribution in [0.4, 0.5) is 11.8 Å². The highest BCUT2D eigenvalue weighted by Gasteiger charge is 2.24. The lowest BCUT2D eigenvalue weighted by Crippen LogP contribution is -2.22. The zero-order chi connectivity index (χ0) is 12.3. The summed E-state index contributed by atoms with van der Waals surface area (Å²) in [6, 6.07) is 0. The van der Waals surface area contributed by atoms with Gasteiger partial charge < -0.3 is 10.0 Å². The number of nitrogens with one attached hydrogen (secondary N) is 1. The fourth-order valence-electron chi connectivity index (χ4n) is 2.09. The number of rotatable bonds is 4. The van der Waals surface area contributed by atoms with Gasteiger partial charge >= 0.3 is 0 Å². The van der Waals surface area contributed by atoms with Crippen molar-refractivity contribution < 1.29 is 5.11 Å². The van der Waals surface area contributed by atoms with E-state index in [1.165, 1.54) is 0 Å². The van der Waals surface area contributed by atoms with Crippen LogP contribution in [0.25, 0.3) is 0 Å². The standard InChI is InChI=1S/C10H16ClN5O/c11-8-5-13-10(15-12)14-9(8)16-3-1-7(6-16)2-4-17/h5,7,17H,1-4,6,12H2,(H,13,14,15). The molecular weight excluding hydrogens is 242 g/mol. The molecule has 1 aromatic rings. The van der Waals surface area contributed by atoms with E-state index < -0.39 is 0 Å².